The lowest BCUT2D eigenvalue weighted by Crippen LogP contribution is -2.03. The van der Waals surface area contributed by atoms with E-state index in [0.29, 0.717) is 29.5 Å². The lowest BCUT2D eigenvalue weighted by molar-refractivity contribution is 0.0993. The van der Waals surface area contributed by atoms with Crippen molar-refractivity contribution in [3.05, 3.63) is 84.1 Å². The van der Waals surface area contributed by atoms with E-state index in [4.69, 9.17) is 8.83 Å². The highest BCUT2D eigenvalue weighted by Crippen LogP contribution is 2.25. The number of furan rings is 1. The number of Topliss-reactive ketones (excluding diaryl/α,β-unsaturated/α-hetero) is 1. The molecule has 0 atom stereocenters. The fourth-order valence-corrected chi connectivity index (χ4v) is 2.57. The molecule has 0 aliphatic heterocycles. The molecule has 0 bridgehead atoms. The molecule has 122 valence electrons. The minimum absolute atomic E-state index is 0.0690. The minimum Gasteiger partial charge on any atom is -0.459 e. The summed E-state index contributed by atoms with van der Waals surface area (Å²) in [5.41, 5.74) is 2.36. The second kappa shape index (κ2) is 6.57. The smallest absolute Gasteiger partial charge is 0.283 e. The molecule has 5 heteroatoms. The maximum Gasteiger partial charge on any atom is 0.283 e. The van der Waals surface area contributed by atoms with Crippen LogP contribution >= 0.6 is 0 Å². The second-order valence-corrected chi connectivity index (χ2v) is 5.56. The summed E-state index contributed by atoms with van der Waals surface area (Å²) in [5.74, 6) is 1.31. The van der Waals surface area contributed by atoms with E-state index in [1.54, 1.807) is 18.4 Å². The van der Waals surface area contributed by atoms with E-state index in [1.165, 1.54) is 0 Å². The molecule has 0 amide bonds. The van der Waals surface area contributed by atoms with Gasteiger partial charge in [0.2, 0.25) is 5.89 Å². The molecule has 0 spiro atoms. The van der Waals surface area contributed by atoms with Gasteiger partial charge in [-0.3, -0.25) is 4.79 Å². The first kappa shape index (κ1) is 15.1. The monoisotopic (exact) mass is 330 g/mol. The molecular weight excluding hydrogens is 316 g/mol. The average Bonchev–Trinajstić information content (AvgIpc) is 3.34. The van der Waals surface area contributed by atoms with Crippen molar-refractivity contribution < 1.29 is 13.6 Å². The summed E-state index contributed by atoms with van der Waals surface area (Å²) in [6.45, 7) is 0. The van der Waals surface area contributed by atoms with Gasteiger partial charge in [0.15, 0.2) is 11.5 Å². The first-order valence-corrected chi connectivity index (χ1v) is 7.84. The van der Waals surface area contributed by atoms with E-state index in [-0.39, 0.29) is 5.78 Å². The Bertz CT molecular complexity index is 989. The molecule has 25 heavy (non-hydrogen) atoms. The summed E-state index contributed by atoms with van der Waals surface area (Å²) in [7, 11) is 0. The van der Waals surface area contributed by atoms with Crippen molar-refractivity contribution in [2.45, 2.75) is 6.42 Å². The number of hydrogen-bond donors (Lipinski definition) is 0. The maximum atomic E-state index is 12.4. The summed E-state index contributed by atoms with van der Waals surface area (Å²) in [5, 5.41) is 8.06. The van der Waals surface area contributed by atoms with Crippen molar-refractivity contribution in [3.8, 4) is 23.1 Å². The molecule has 0 radical (unpaired) electrons. The summed E-state index contributed by atoms with van der Waals surface area (Å²) in [6.07, 6.45) is 1.87. The number of aromatic nitrogens is 2. The van der Waals surface area contributed by atoms with Gasteiger partial charge in [-0.25, -0.2) is 0 Å². The number of nitrogens with zero attached hydrogens (tertiary/aromatic N) is 2. The Kier molecular flexibility index (Phi) is 3.96. The molecule has 2 aromatic carbocycles. The van der Waals surface area contributed by atoms with E-state index in [1.807, 2.05) is 54.6 Å². The topological polar surface area (TPSA) is 69.1 Å². The van der Waals surface area contributed by atoms with Gasteiger partial charge in [0.05, 0.1) is 6.26 Å². The number of carbonyl (C=O) groups excluding carboxylic acids is 1. The molecule has 0 fully saturated rings. The Morgan fingerprint density at radius 3 is 2.52 bits per heavy atom. The molecule has 0 saturated carbocycles. The van der Waals surface area contributed by atoms with Crippen molar-refractivity contribution in [2.24, 2.45) is 0 Å². The first-order valence-electron chi connectivity index (χ1n) is 7.84. The standard InChI is InChI=1S/C20H14N2O3/c23-17(15-7-2-1-3-8-15)13-14-6-4-9-16(12-14)19-21-22-20(25-19)18-10-5-11-24-18/h1-12H,13H2. The number of rotatable bonds is 5. The molecule has 0 unspecified atom stereocenters. The number of ketones is 1. The zero-order chi connectivity index (χ0) is 17.1. The Morgan fingerprint density at radius 2 is 1.72 bits per heavy atom. The minimum atomic E-state index is 0.0690. The second-order valence-electron chi connectivity index (χ2n) is 5.56. The maximum absolute atomic E-state index is 12.4. The van der Waals surface area contributed by atoms with E-state index in [2.05, 4.69) is 10.2 Å². The van der Waals surface area contributed by atoms with Crippen LogP contribution in [-0.2, 0) is 6.42 Å². The Hall–Kier alpha value is -3.47. The zero-order valence-electron chi connectivity index (χ0n) is 13.3. The normalized spacial score (nSPS) is 10.7. The molecule has 0 aliphatic rings. The van der Waals surface area contributed by atoms with E-state index < -0.39 is 0 Å². The van der Waals surface area contributed by atoms with Crippen LogP contribution in [0.25, 0.3) is 23.1 Å². The Morgan fingerprint density at radius 1 is 0.880 bits per heavy atom. The highest BCUT2D eigenvalue weighted by atomic mass is 16.4. The third-order valence-corrected chi connectivity index (χ3v) is 3.79. The predicted octanol–water partition coefficient (Wildman–Crippen LogP) is 4.42. The van der Waals surface area contributed by atoms with Gasteiger partial charge in [-0.1, -0.05) is 42.5 Å². The molecule has 4 rings (SSSR count). The van der Waals surface area contributed by atoms with Crippen LogP contribution in [0.4, 0.5) is 0 Å². The number of benzene rings is 2. The fourth-order valence-electron chi connectivity index (χ4n) is 2.57. The summed E-state index contributed by atoms with van der Waals surface area (Å²) in [6, 6.07) is 20.3. The summed E-state index contributed by atoms with van der Waals surface area (Å²) >= 11 is 0. The molecule has 0 aliphatic carbocycles. The van der Waals surface area contributed by atoms with Crippen molar-refractivity contribution in [2.75, 3.05) is 0 Å². The SMILES string of the molecule is O=C(Cc1cccc(-c2nnc(-c3ccco3)o2)c1)c1ccccc1. The molecule has 0 N–H and O–H groups in total. The van der Waals surface area contributed by atoms with Crippen molar-refractivity contribution >= 4 is 5.78 Å². The highest BCUT2D eigenvalue weighted by molar-refractivity contribution is 5.97. The van der Waals surface area contributed by atoms with Crippen molar-refractivity contribution in [1.29, 1.82) is 0 Å². The van der Waals surface area contributed by atoms with Crippen LogP contribution < -0.4 is 0 Å². The van der Waals surface area contributed by atoms with Gasteiger partial charge in [-0.2, -0.15) is 0 Å². The van der Waals surface area contributed by atoms with Gasteiger partial charge in [0.1, 0.15) is 0 Å². The van der Waals surface area contributed by atoms with Crippen LogP contribution in [0.15, 0.2) is 81.8 Å². The number of hydrogen-bond acceptors (Lipinski definition) is 5. The van der Waals surface area contributed by atoms with Gasteiger partial charge < -0.3 is 8.83 Å². The van der Waals surface area contributed by atoms with Crippen LogP contribution in [-0.4, -0.2) is 16.0 Å². The van der Waals surface area contributed by atoms with Gasteiger partial charge in [0, 0.05) is 17.5 Å². The van der Waals surface area contributed by atoms with Crippen LogP contribution in [0.5, 0.6) is 0 Å². The summed E-state index contributed by atoms with van der Waals surface area (Å²) < 4.78 is 10.9. The molecular formula is C20H14N2O3. The first-order chi connectivity index (χ1) is 12.3. The van der Waals surface area contributed by atoms with Crippen LogP contribution in [0, 0.1) is 0 Å². The average molecular weight is 330 g/mol. The lowest BCUT2D eigenvalue weighted by atomic mass is 10.0. The molecule has 0 saturated heterocycles. The van der Waals surface area contributed by atoms with E-state index in [0.717, 1.165) is 11.1 Å². The Balaban J connectivity index is 1.57. The largest absolute Gasteiger partial charge is 0.459 e. The quantitative estimate of drug-likeness (QED) is 0.507. The molecule has 2 aromatic heterocycles. The van der Waals surface area contributed by atoms with Crippen LogP contribution in [0.2, 0.25) is 0 Å². The Labute approximate surface area is 143 Å². The zero-order valence-corrected chi connectivity index (χ0v) is 13.3. The molecule has 4 aromatic rings. The van der Waals surface area contributed by atoms with Gasteiger partial charge in [0.25, 0.3) is 5.89 Å². The van der Waals surface area contributed by atoms with Gasteiger partial charge in [-0.05, 0) is 29.8 Å². The molecule has 2 heterocycles. The van der Waals surface area contributed by atoms with E-state index in [9.17, 15) is 4.79 Å². The third kappa shape index (κ3) is 3.26. The molecule has 5 nitrogen and oxygen atoms in total. The predicted molar refractivity (Wildman–Crippen MR) is 91.9 cm³/mol. The van der Waals surface area contributed by atoms with Gasteiger partial charge in [-0.15, -0.1) is 10.2 Å². The highest BCUT2D eigenvalue weighted by Gasteiger charge is 2.13. The lowest BCUT2D eigenvalue weighted by Gasteiger charge is -2.03. The van der Waals surface area contributed by atoms with E-state index >= 15 is 0 Å². The number of carbonyl (C=O) groups is 1. The van der Waals surface area contributed by atoms with Gasteiger partial charge >= 0.3 is 0 Å². The fraction of sp³-hybridized carbons (Fsp3) is 0.0500. The van der Waals surface area contributed by atoms with Crippen molar-refractivity contribution in [3.63, 3.8) is 0 Å². The van der Waals surface area contributed by atoms with Crippen LogP contribution in [0.1, 0.15) is 15.9 Å². The van der Waals surface area contributed by atoms with Crippen molar-refractivity contribution in [1.82, 2.24) is 10.2 Å². The summed E-state index contributed by atoms with van der Waals surface area (Å²) in [4.78, 5) is 12.4. The third-order valence-electron chi connectivity index (χ3n) is 3.79. The van der Waals surface area contributed by atoms with Crippen LogP contribution in [0.3, 0.4) is 0 Å².